The van der Waals surface area contributed by atoms with Gasteiger partial charge < -0.3 is 10.6 Å². The van der Waals surface area contributed by atoms with Gasteiger partial charge in [-0.25, -0.2) is 4.68 Å². The molecule has 1 aliphatic heterocycles. The molecule has 3 heterocycles. The third-order valence-electron chi connectivity index (χ3n) is 4.07. The Morgan fingerprint density at radius 1 is 1.55 bits per heavy atom. The van der Waals surface area contributed by atoms with E-state index in [4.69, 9.17) is 5.73 Å². The number of aromatic nitrogens is 3. The first kappa shape index (κ1) is 15.2. The number of amides is 1. The van der Waals surface area contributed by atoms with Crippen molar-refractivity contribution in [3.63, 3.8) is 0 Å². The number of carbonyl (C=O) groups excluding carboxylic acids is 1. The lowest BCUT2D eigenvalue weighted by molar-refractivity contribution is 0.0577. The van der Waals surface area contributed by atoms with Crippen molar-refractivity contribution in [1.29, 1.82) is 0 Å². The number of hydrogen-bond donors (Lipinski definition) is 1. The summed E-state index contributed by atoms with van der Waals surface area (Å²) in [5.41, 5.74) is 6.44. The molecule has 2 aromatic heterocycles. The van der Waals surface area contributed by atoms with Crippen LogP contribution in [-0.2, 0) is 6.54 Å². The molecular formula is C15H21N5OS. The minimum Gasteiger partial charge on any atom is -0.333 e. The fraction of sp³-hybridized carbons (Fsp3) is 0.533. The highest BCUT2D eigenvalue weighted by molar-refractivity contribution is 7.09. The molecule has 6 nitrogen and oxygen atoms in total. The number of piperidine rings is 1. The highest BCUT2D eigenvalue weighted by atomic mass is 32.1. The van der Waals surface area contributed by atoms with Gasteiger partial charge in [-0.05, 0) is 37.6 Å². The molecule has 1 fully saturated rings. The summed E-state index contributed by atoms with van der Waals surface area (Å²) in [6.45, 7) is 3.36. The lowest BCUT2D eigenvalue weighted by Gasteiger charge is -2.37. The molecule has 0 bridgehead atoms. The van der Waals surface area contributed by atoms with Crippen LogP contribution in [0.1, 0.15) is 41.6 Å². The normalized spacial score (nSPS) is 20.1. The van der Waals surface area contributed by atoms with E-state index in [9.17, 15) is 4.79 Å². The molecule has 7 heteroatoms. The molecule has 2 aromatic rings. The maximum Gasteiger partial charge on any atom is 0.276 e. The van der Waals surface area contributed by atoms with Gasteiger partial charge in [0.2, 0.25) is 0 Å². The Bertz CT molecular complexity index is 622. The Balaban J connectivity index is 1.73. The summed E-state index contributed by atoms with van der Waals surface area (Å²) in [5.74, 6) is -0.0561. The van der Waals surface area contributed by atoms with E-state index in [1.807, 2.05) is 29.3 Å². The first-order chi connectivity index (χ1) is 10.6. The lowest BCUT2D eigenvalue weighted by Crippen LogP contribution is -2.51. The second-order valence-electron chi connectivity index (χ2n) is 5.80. The van der Waals surface area contributed by atoms with Crippen LogP contribution < -0.4 is 5.73 Å². The summed E-state index contributed by atoms with van der Waals surface area (Å²) < 4.78 is 1.71. The third kappa shape index (κ3) is 3.20. The van der Waals surface area contributed by atoms with Crippen LogP contribution >= 0.6 is 11.3 Å². The molecule has 1 aliphatic rings. The van der Waals surface area contributed by atoms with Crippen LogP contribution in [0.25, 0.3) is 0 Å². The number of likely N-dealkylation sites (tertiary alicyclic amines) is 1. The van der Waals surface area contributed by atoms with Crippen LogP contribution in [0.15, 0.2) is 23.7 Å². The molecule has 1 saturated heterocycles. The molecule has 3 rings (SSSR count). The lowest BCUT2D eigenvalue weighted by atomic mass is 9.96. The molecule has 118 valence electrons. The van der Waals surface area contributed by atoms with Gasteiger partial charge in [0.1, 0.15) is 0 Å². The van der Waals surface area contributed by atoms with Crippen LogP contribution in [0.5, 0.6) is 0 Å². The number of nitrogens with two attached hydrogens (primary N) is 1. The van der Waals surface area contributed by atoms with Gasteiger partial charge in [-0.15, -0.1) is 16.4 Å². The standard InChI is InChI=1S/C15H21N5OS/c1-11(16)14-6-2-3-7-20(14)15(21)13-10-19(18-17-13)9-12-5-4-8-22-12/h4-5,8,10-11,14H,2-3,6-7,9,16H2,1H3. The Morgan fingerprint density at radius 2 is 2.41 bits per heavy atom. The SMILES string of the molecule is CC(N)C1CCCCN1C(=O)c1cn(Cc2cccs2)nn1. The zero-order valence-corrected chi connectivity index (χ0v) is 13.5. The van der Waals surface area contributed by atoms with Gasteiger partial charge >= 0.3 is 0 Å². The van der Waals surface area contributed by atoms with Crippen molar-refractivity contribution in [1.82, 2.24) is 19.9 Å². The predicted octanol–water partition coefficient (Wildman–Crippen LogP) is 1.73. The summed E-state index contributed by atoms with van der Waals surface area (Å²) in [6.07, 6.45) is 4.85. The maximum absolute atomic E-state index is 12.7. The molecule has 0 spiro atoms. The highest BCUT2D eigenvalue weighted by Gasteiger charge is 2.31. The second-order valence-corrected chi connectivity index (χ2v) is 6.83. The summed E-state index contributed by atoms with van der Waals surface area (Å²) >= 11 is 1.67. The van der Waals surface area contributed by atoms with E-state index in [-0.39, 0.29) is 18.0 Å². The van der Waals surface area contributed by atoms with E-state index in [0.717, 1.165) is 25.8 Å². The van der Waals surface area contributed by atoms with E-state index in [1.54, 1.807) is 22.2 Å². The topological polar surface area (TPSA) is 77.0 Å². The summed E-state index contributed by atoms with van der Waals surface area (Å²) in [6, 6.07) is 4.13. The van der Waals surface area contributed by atoms with Gasteiger partial charge in [0.05, 0.1) is 12.7 Å². The average Bonchev–Trinajstić information content (AvgIpc) is 3.19. The van der Waals surface area contributed by atoms with E-state index in [2.05, 4.69) is 10.3 Å². The van der Waals surface area contributed by atoms with Crippen molar-refractivity contribution in [2.45, 2.75) is 44.8 Å². The Kier molecular flexibility index (Phi) is 4.54. The van der Waals surface area contributed by atoms with Gasteiger partial charge in [-0.3, -0.25) is 4.79 Å². The minimum absolute atomic E-state index is 0.0228. The molecule has 2 unspecified atom stereocenters. The summed E-state index contributed by atoms with van der Waals surface area (Å²) in [7, 11) is 0. The Morgan fingerprint density at radius 3 is 3.14 bits per heavy atom. The van der Waals surface area contributed by atoms with Crippen molar-refractivity contribution in [3.8, 4) is 0 Å². The van der Waals surface area contributed by atoms with Crippen molar-refractivity contribution < 1.29 is 4.79 Å². The molecule has 0 saturated carbocycles. The van der Waals surface area contributed by atoms with Crippen LogP contribution in [-0.4, -0.2) is 44.4 Å². The van der Waals surface area contributed by atoms with Crippen molar-refractivity contribution >= 4 is 17.2 Å². The number of nitrogens with zero attached hydrogens (tertiary/aromatic N) is 4. The molecule has 0 aliphatic carbocycles. The van der Waals surface area contributed by atoms with Crippen molar-refractivity contribution in [3.05, 3.63) is 34.3 Å². The number of hydrogen-bond acceptors (Lipinski definition) is 5. The van der Waals surface area contributed by atoms with Gasteiger partial charge in [0.25, 0.3) is 5.91 Å². The zero-order valence-electron chi connectivity index (χ0n) is 12.7. The molecular weight excluding hydrogens is 298 g/mol. The van der Waals surface area contributed by atoms with E-state index in [0.29, 0.717) is 12.2 Å². The van der Waals surface area contributed by atoms with Crippen LogP contribution in [0.4, 0.5) is 0 Å². The Hall–Kier alpha value is -1.73. The van der Waals surface area contributed by atoms with Crippen LogP contribution in [0.2, 0.25) is 0 Å². The first-order valence-electron chi connectivity index (χ1n) is 7.64. The van der Waals surface area contributed by atoms with Crippen molar-refractivity contribution in [2.24, 2.45) is 5.73 Å². The van der Waals surface area contributed by atoms with E-state index >= 15 is 0 Å². The monoisotopic (exact) mass is 319 g/mol. The molecule has 2 N–H and O–H groups in total. The molecule has 0 aromatic carbocycles. The number of thiophene rings is 1. The first-order valence-corrected chi connectivity index (χ1v) is 8.52. The van der Waals surface area contributed by atoms with Gasteiger partial charge in [-0.1, -0.05) is 11.3 Å². The van der Waals surface area contributed by atoms with Gasteiger partial charge in [0.15, 0.2) is 5.69 Å². The fourth-order valence-electron chi connectivity index (χ4n) is 2.94. The van der Waals surface area contributed by atoms with Gasteiger partial charge in [0, 0.05) is 23.5 Å². The quantitative estimate of drug-likeness (QED) is 0.931. The molecule has 0 radical (unpaired) electrons. The minimum atomic E-state index is -0.0561. The van der Waals surface area contributed by atoms with Gasteiger partial charge in [-0.2, -0.15) is 0 Å². The fourth-order valence-corrected chi connectivity index (χ4v) is 3.64. The summed E-state index contributed by atoms with van der Waals surface area (Å²) in [4.78, 5) is 15.7. The zero-order chi connectivity index (χ0) is 15.5. The average molecular weight is 319 g/mol. The highest BCUT2D eigenvalue weighted by Crippen LogP contribution is 2.21. The molecule has 1 amide bonds. The summed E-state index contributed by atoms with van der Waals surface area (Å²) in [5, 5.41) is 10.1. The number of carbonyl (C=O) groups is 1. The van der Waals surface area contributed by atoms with Crippen LogP contribution in [0, 0.1) is 0 Å². The smallest absolute Gasteiger partial charge is 0.276 e. The Labute approximate surface area is 133 Å². The molecule has 2 atom stereocenters. The maximum atomic E-state index is 12.7. The predicted molar refractivity (Wildman–Crippen MR) is 85.8 cm³/mol. The second kappa shape index (κ2) is 6.58. The van der Waals surface area contributed by atoms with E-state index in [1.165, 1.54) is 4.88 Å². The van der Waals surface area contributed by atoms with Crippen molar-refractivity contribution in [2.75, 3.05) is 6.54 Å². The molecule has 22 heavy (non-hydrogen) atoms. The third-order valence-corrected chi connectivity index (χ3v) is 4.93. The van der Waals surface area contributed by atoms with E-state index < -0.39 is 0 Å². The van der Waals surface area contributed by atoms with Crippen LogP contribution in [0.3, 0.4) is 0 Å². The number of rotatable bonds is 4. The largest absolute Gasteiger partial charge is 0.333 e.